The van der Waals surface area contributed by atoms with Crippen LogP contribution >= 0.6 is 11.6 Å². The van der Waals surface area contributed by atoms with Gasteiger partial charge in [0.25, 0.3) is 5.91 Å². The average Bonchev–Trinajstić information content (AvgIpc) is 2.98. The molecule has 3 aromatic rings. The number of hydrogen-bond donors (Lipinski definition) is 1. The van der Waals surface area contributed by atoms with Gasteiger partial charge in [-0.15, -0.1) is 0 Å². The lowest BCUT2D eigenvalue weighted by atomic mass is 10.0. The summed E-state index contributed by atoms with van der Waals surface area (Å²) in [6.07, 6.45) is 0. The van der Waals surface area contributed by atoms with Gasteiger partial charge < -0.3 is 14.6 Å². The highest BCUT2D eigenvalue weighted by Crippen LogP contribution is 2.34. The van der Waals surface area contributed by atoms with E-state index in [0.29, 0.717) is 28.3 Å². The molecule has 0 radical (unpaired) electrons. The van der Waals surface area contributed by atoms with E-state index in [1.54, 1.807) is 19.1 Å². The van der Waals surface area contributed by atoms with Gasteiger partial charge in [0, 0.05) is 24.0 Å². The van der Waals surface area contributed by atoms with Crippen molar-refractivity contribution in [3.63, 3.8) is 0 Å². The Kier molecular flexibility index (Phi) is 4.59. The van der Waals surface area contributed by atoms with Crippen LogP contribution in [0.15, 0.2) is 40.8 Å². The van der Waals surface area contributed by atoms with E-state index in [4.69, 9.17) is 16.0 Å². The molecule has 144 valence electrons. The highest BCUT2D eigenvalue weighted by atomic mass is 35.5. The molecule has 1 aromatic heterocycles. The van der Waals surface area contributed by atoms with Gasteiger partial charge in [0.2, 0.25) is 5.91 Å². The van der Waals surface area contributed by atoms with Crippen LogP contribution in [-0.2, 0) is 4.79 Å². The molecule has 1 fully saturated rings. The molecule has 0 aliphatic carbocycles. The second-order valence-electron chi connectivity index (χ2n) is 6.93. The molecule has 2 heterocycles. The van der Waals surface area contributed by atoms with Gasteiger partial charge in [-0.1, -0.05) is 23.7 Å². The summed E-state index contributed by atoms with van der Waals surface area (Å²) in [4.78, 5) is 27.3. The molecule has 2 aromatic carbocycles. The predicted octanol–water partition coefficient (Wildman–Crippen LogP) is 4.16. The Morgan fingerprint density at radius 3 is 2.82 bits per heavy atom. The van der Waals surface area contributed by atoms with Gasteiger partial charge >= 0.3 is 0 Å². The molecule has 1 saturated heterocycles. The first-order valence-corrected chi connectivity index (χ1v) is 9.28. The van der Waals surface area contributed by atoms with Crippen molar-refractivity contribution in [2.24, 2.45) is 0 Å². The second kappa shape index (κ2) is 6.95. The van der Waals surface area contributed by atoms with Crippen molar-refractivity contribution >= 4 is 34.4 Å². The number of amides is 2. The Morgan fingerprint density at radius 2 is 2.07 bits per heavy atom. The Labute approximate surface area is 166 Å². The number of halogens is 2. The van der Waals surface area contributed by atoms with Crippen molar-refractivity contribution < 1.29 is 18.4 Å². The van der Waals surface area contributed by atoms with Crippen LogP contribution in [0.2, 0.25) is 5.02 Å². The van der Waals surface area contributed by atoms with Gasteiger partial charge in [-0.3, -0.25) is 9.59 Å². The fourth-order valence-corrected chi connectivity index (χ4v) is 3.95. The number of nitrogens with one attached hydrogen (secondary N) is 1. The van der Waals surface area contributed by atoms with Crippen LogP contribution in [0.5, 0.6) is 0 Å². The number of aryl methyl sites for hydroxylation is 2. The first-order valence-electron chi connectivity index (χ1n) is 8.90. The number of benzene rings is 2. The third kappa shape index (κ3) is 3.03. The summed E-state index contributed by atoms with van der Waals surface area (Å²) in [6, 6.07) is 8.46. The van der Waals surface area contributed by atoms with Crippen molar-refractivity contribution in [3.8, 4) is 0 Å². The van der Waals surface area contributed by atoms with Crippen LogP contribution in [-0.4, -0.2) is 29.8 Å². The smallest absolute Gasteiger partial charge is 0.290 e. The van der Waals surface area contributed by atoms with Crippen molar-refractivity contribution in [2.75, 3.05) is 13.1 Å². The van der Waals surface area contributed by atoms with Gasteiger partial charge in [-0.25, -0.2) is 4.39 Å². The molecule has 5 nitrogen and oxygen atoms in total. The molecule has 0 spiro atoms. The molecule has 28 heavy (non-hydrogen) atoms. The lowest BCUT2D eigenvalue weighted by Crippen LogP contribution is -2.52. The van der Waals surface area contributed by atoms with E-state index in [9.17, 15) is 14.0 Å². The van der Waals surface area contributed by atoms with E-state index in [1.165, 1.54) is 23.1 Å². The van der Waals surface area contributed by atoms with Gasteiger partial charge in [0.15, 0.2) is 11.3 Å². The maximum atomic E-state index is 13.7. The molecule has 0 unspecified atom stereocenters. The molecule has 1 N–H and O–H groups in total. The zero-order valence-corrected chi connectivity index (χ0v) is 16.1. The topological polar surface area (TPSA) is 62.6 Å². The summed E-state index contributed by atoms with van der Waals surface area (Å²) in [5.74, 6) is -1.11. The van der Waals surface area contributed by atoms with Crippen LogP contribution < -0.4 is 5.32 Å². The third-order valence-electron chi connectivity index (χ3n) is 4.97. The summed E-state index contributed by atoms with van der Waals surface area (Å²) >= 11 is 6.28. The molecular weight excluding hydrogens is 383 g/mol. The molecule has 4 rings (SSSR count). The zero-order valence-electron chi connectivity index (χ0n) is 15.4. The van der Waals surface area contributed by atoms with E-state index < -0.39 is 17.8 Å². The van der Waals surface area contributed by atoms with Crippen molar-refractivity contribution in [1.29, 1.82) is 0 Å². The number of rotatable bonds is 2. The number of furan rings is 1. The Hall–Kier alpha value is -2.86. The zero-order chi connectivity index (χ0) is 20.0. The lowest BCUT2D eigenvalue weighted by Gasteiger charge is -2.34. The number of carbonyl (C=O) groups excluding carboxylic acids is 2. The summed E-state index contributed by atoms with van der Waals surface area (Å²) in [6.45, 7) is 4.30. The molecule has 1 atom stereocenters. The van der Waals surface area contributed by atoms with Gasteiger partial charge in [-0.2, -0.15) is 0 Å². The van der Waals surface area contributed by atoms with E-state index in [2.05, 4.69) is 5.32 Å². The highest BCUT2D eigenvalue weighted by Gasteiger charge is 2.37. The van der Waals surface area contributed by atoms with Crippen LogP contribution in [0.25, 0.3) is 11.0 Å². The Bertz CT molecular complexity index is 1110. The summed E-state index contributed by atoms with van der Waals surface area (Å²) < 4.78 is 19.5. The van der Waals surface area contributed by atoms with Gasteiger partial charge in [-0.05, 0) is 49.2 Å². The fourth-order valence-electron chi connectivity index (χ4n) is 3.64. The molecule has 2 amide bonds. The predicted molar refractivity (Wildman–Crippen MR) is 104 cm³/mol. The van der Waals surface area contributed by atoms with E-state index in [0.717, 1.165) is 10.9 Å². The Balaban J connectivity index is 1.79. The number of carbonyl (C=O) groups is 2. The van der Waals surface area contributed by atoms with Gasteiger partial charge in [0.1, 0.15) is 11.9 Å². The fraction of sp³-hybridized carbons (Fsp3) is 0.238. The quantitative estimate of drug-likeness (QED) is 0.702. The number of nitrogens with zero attached hydrogens (tertiary/aromatic N) is 1. The third-order valence-corrected chi connectivity index (χ3v) is 5.25. The maximum Gasteiger partial charge on any atom is 0.290 e. The summed E-state index contributed by atoms with van der Waals surface area (Å²) in [5.41, 5.74) is 2.47. The van der Waals surface area contributed by atoms with Crippen LogP contribution in [0, 0.1) is 19.7 Å². The second-order valence-corrected chi connectivity index (χ2v) is 7.33. The molecule has 7 heteroatoms. The number of piperazine rings is 1. The summed E-state index contributed by atoms with van der Waals surface area (Å²) in [7, 11) is 0. The minimum Gasteiger partial charge on any atom is -0.449 e. The van der Waals surface area contributed by atoms with Crippen molar-refractivity contribution in [2.45, 2.75) is 19.9 Å². The molecule has 0 saturated carbocycles. The Morgan fingerprint density at radius 1 is 1.29 bits per heavy atom. The first kappa shape index (κ1) is 18.5. The standard InChI is InChI=1S/C21H18ClFN2O3/c1-11-8-15-12(2)18(28-19(15)16(22)9-11)21(27)25-7-6-24-20(26)17(25)13-4-3-5-14(23)10-13/h3-5,8-10,17H,6-7H2,1-2H3,(H,24,26)/t17-/m0/s1. The largest absolute Gasteiger partial charge is 0.449 e. The van der Waals surface area contributed by atoms with Crippen LogP contribution in [0.3, 0.4) is 0 Å². The van der Waals surface area contributed by atoms with Gasteiger partial charge in [0.05, 0.1) is 5.02 Å². The minimum absolute atomic E-state index is 0.138. The highest BCUT2D eigenvalue weighted by molar-refractivity contribution is 6.35. The lowest BCUT2D eigenvalue weighted by molar-refractivity contribution is -0.128. The molecule has 1 aliphatic heterocycles. The molecule has 0 bridgehead atoms. The molecule has 1 aliphatic rings. The maximum absolute atomic E-state index is 13.7. The monoisotopic (exact) mass is 400 g/mol. The summed E-state index contributed by atoms with van der Waals surface area (Å²) in [5, 5.41) is 3.92. The van der Waals surface area contributed by atoms with E-state index in [1.807, 2.05) is 13.0 Å². The average molecular weight is 401 g/mol. The minimum atomic E-state index is -0.929. The first-order chi connectivity index (χ1) is 13.4. The van der Waals surface area contributed by atoms with Crippen molar-refractivity contribution in [3.05, 3.63) is 69.7 Å². The number of hydrogen-bond acceptors (Lipinski definition) is 3. The number of fused-ring (bicyclic) bond motifs is 1. The molecular formula is C21H18ClFN2O3. The van der Waals surface area contributed by atoms with E-state index >= 15 is 0 Å². The van der Waals surface area contributed by atoms with E-state index in [-0.39, 0.29) is 18.2 Å². The van der Waals surface area contributed by atoms with Crippen molar-refractivity contribution in [1.82, 2.24) is 10.2 Å². The van der Waals surface area contributed by atoms with Crippen LogP contribution in [0.4, 0.5) is 4.39 Å². The SMILES string of the molecule is Cc1cc(Cl)c2oc(C(=O)N3CCNC(=O)[C@@H]3c3cccc(F)c3)c(C)c2c1. The van der Waals surface area contributed by atoms with Crippen LogP contribution in [0.1, 0.15) is 33.3 Å². The normalized spacial score (nSPS) is 17.1.